The van der Waals surface area contributed by atoms with Crippen molar-refractivity contribution in [2.24, 2.45) is 0 Å². The van der Waals surface area contributed by atoms with Crippen molar-refractivity contribution in [3.05, 3.63) is 53.1 Å². The Kier molecular flexibility index (Phi) is 7.59. The van der Waals surface area contributed by atoms with E-state index in [1.165, 1.54) is 15.6 Å². The quantitative estimate of drug-likeness (QED) is 0.440. The number of carbonyl (C=O) groups is 1. The molecule has 4 rings (SSSR count). The maximum atomic E-state index is 13.9. The molecular weight excluding hydrogens is 492 g/mol. The highest BCUT2D eigenvalue weighted by Crippen LogP contribution is 2.34. The van der Waals surface area contributed by atoms with Crippen LogP contribution in [0.4, 0.5) is 5.13 Å². The van der Waals surface area contributed by atoms with Gasteiger partial charge in [0, 0.05) is 18.1 Å². The van der Waals surface area contributed by atoms with Crippen LogP contribution in [0.25, 0.3) is 10.2 Å². The van der Waals surface area contributed by atoms with E-state index in [0.717, 1.165) is 28.7 Å². The number of amides is 1. The Hall–Kier alpha value is -2.04. The van der Waals surface area contributed by atoms with Gasteiger partial charge >= 0.3 is 0 Å². The van der Waals surface area contributed by atoms with E-state index < -0.39 is 16.1 Å². The van der Waals surface area contributed by atoms with Crippen LogP contribution >= 0.6 is 22.9 Å². The van der Waals surface area contributed by atoms with Gasteiger partial charge in [0.25, 0.3) is 0 Å². The van der Waals surface area contributed by atoms with Crippen molar-refractivity contribution >= 4 is 54.2 Å². The minimum atomic E-state index is -3.79. The van der Waals surface area contributed by atoms with Crippen LogP contribution in [0.3, 0.4) is 0 Å². The first-order chi connectivity index (χ1) is 16.2. The number of nitrogens with zero attached hydrogens (tertiary/aromatic N) is 4. The van der Waals surface area contributed by atoms with E-state index in [0.29, 0.717) is 36.1 Å². The fraction of sp³-hybridized carbons (Fsp3) is 0.417. The van der Waals surface area contributed by atoms with Gasteiger partial charge in [0.1, 0.15) is 6.04 Å². The Morgan fingerprint density at radius 3 is 2.62 bits per heavy atom. The number of fused-ring (bicyclic) bond motifs is 1. The molecule has 0 N–H and O–H groups in total. The molecule has 3 aromatic rings. The molecule has 0 saturated carbocycles. The van der Waals surface area contributed by atoms with Crippen LogP contribution in [-0.2, 0) is 14.8 Å². The molecule has 1 fully saturated rings. The highest BCUT2D eigenvalue weighted by Gasteiger charge is 2.42. The lowest BCUT2D eigenvalue weighted by molar-refractivity contribution is -0.121. The molecule has 0 bridgehead atoms. The third-order valence-electron chi connectivity index (χ3n) is 5.94. The Balaban J connectivity index is 1.65. The first kappa shape index (κ1) is 25.1. The van der Waals surface area contributed by atoms with E-state index >= 15 is 0 Å². The fourth-order valence-electron chi connectivity index (χ4n) is 4.15. The molecule has 2 aromatic carbocycles. The molecule has 2 heterocycles. The third kappa shape index (κ3) is 5.28. The summed E-state index contributed by atoms with van der Waals surface area (Å²) < 4.78 is 29.1. The molecule has 1 aromatic heterocycles. The maximum absolute atomic E-state index is 13.9. The van der Waals surface area contributed by atoms with Crippen molar-refractivity contribution in [2.45, 2.75) is 37.1 Å². The van der Waals surface area contributed by atoms with E-state index in [1.807, 2.05) is 33.2 Å². The van der Waals surface area contributed by atoms with Gasteiger partial charge in [-0.3, -0.25) is 9.69 Å². The molecule has 1 aliphatic heterocycles. The van der Waals surface area contributed by atoms with Gasteiger partial charge in [-0.25, -0.2) is 13.4 Å². The van der Waals surface area contributed by atoms with Crippen LogP contribution in [0, 0.1) is 6.92 Å². The highest BCUT2D eigenvalue weighted by molar-refractivity contribution is 7.89. The van der Waals surface area contributed by atoms with Gasteiger partial charge in [0.05, 0.1) is 15.1 Å². The van der Waals surface area contributed by atoms with Crippen LogP contribution in [0.1, 0.15) is 24.8 Å². The minimum Gasteiger partial charge on any atom is -0.309 e. The number of aromatic nitrogens is 1. The number of hydrogen-bond donors (Lipinski definition) is 0. The summed E-state index contributed by atoms with van der Waals surface area (Å²) in [4.78, 5) is 22.5. The van der Waals surface area contributed by atoms with Gasteiger partial charge in [0.2, 0.25) is 15.9 Å². The number of hydrogen-bond acceptors (Lipinski definition) is 6. The second-order valence-electron chi connectivity index (χ2n) is 8.84. The zero-order chi connectivity index (χ0) is 24.5. The van der Waals surface area contributed by atoms with Crippen molar-refractivity contribution in [1.82, 2.24) is 14.2 Å². The number of carbonyl (C=O) groups excluding carboxylic acids is 1. The predicted octanol–water partition coefficient (Wildman–Crippen LogP) is 4.40. The van der Waals surface area contributed by atoms with E-state index in [9.17, 15) is 13.2 Å². The van der Waals surface area contributed by atoms with Gasteiger partial charge in [-0.2, -0.15) is 4.31 Å². The van der Waals surface area contributed by atoms with Crippen molar-refractivity contribution in [1.29, 1.82) is 0 Å². The second-order valence-corrected chi connectivity index (χ2v) is 12.2. The van der Waals surface area contributed by atoms with E-state index in [2.05, 4.69) is 9.88 Å². The Morgan fingerprint density at radius 1 is 1.18 bits per heavy atom. The first-order valence-corrected chi connectivity index (χ1v) is 13.9. The molecule has 0 aliphatic carbocycles. The molecule has 1 saturated heterocycles. The number of sulfonamides is 1. The maximum Gasteiger partial charge on any atom is 0.247 e. The second kappa shape index (κ2) is 10.3. The van der Waals surface area contributed by atoms with Crippen molar-refractivity contribution in [3.63, 3.8) is 0 Å². The van der Waals surface area contributed by atoms with Crippen LogP contribution < -0.4 is 4.90 Å². The molecule has 1 amide bonds. The molecule has 1 unspecified atom stereocenters. The van der Waals surface area contributed by atoms with E-state index in [-0.39, 0.29) is 10.8 Å². The van der Waals surface area contributed by atoms with E-state index in [1.54, 1.807) is 35.2 Å². The standard InChI is InChI=1S/C24H29ClN4O3S2/c1-17-7-10-19(11-8-17)34(31,32)29-15-4-6-21(29)23(30)28(14-5-13-27(2)3)24-26-20-12-9-18(25)16-22(20)33-24/h7-12,16,21H,4-6,13-15H2,1-3H3. The first-order valence-electron chi connectivity index (χ1n) is 11.3. The topological polar surface area (TPSA) is 73.8 Å². The summed E-state index contributed by atoms with van der Waals surface area (Å²) in [6.45, 7) is 3.50. The van der Waals surface area contributed by atoms with Crippen LogP contribution in [0.15, 0.2) is 47.4 Å². The van der Waals surface area contributed by atoms with Gasteiger partial charge < -0.3 is 4.90 Å². The Bertz CT molecular complexity index is 1280. The van der Waals surface area contributed by atoms with E-state index in [4.69, 9.17) is 11.6 Å². The normalized spacial score (nSPS) is 17.0. The number of anilines is 1. The summed E-state index contributed by atoms with van der Waals surface area (Å²) in [5.41, 5.74) is 1.75. The molecular formula is C24H29ClN4O3S2. The molecule has 182 valence electrons. The number of halogens is 1. The zero-order valence-corrected chi connectivity index (χ0v) is 22.0. The largest absolute Gasteiger partial charge is 0.309 e. The lowest BCUT2D eigenvalue weighted by Crippen LogP contribution is -2.48. The van der Waals surface area contributed by atoms with Gasteiger partial charge in [-0.15, -0.1) is 0 Å². The molecule has 10 heteroatoms. The summed E-state index contributed by atoms with van der Waals surface area (Å²) in [5, 5.41) is 1.18. The van der Waals surface area contributed by atoms with Crippen LogP contribution in [0.5, 0.6) is 0 Å². The third-order valence-corrected chi connectivity index (χ3v) is 9.14. The van der Waals surface area contributed by atoms with Gasteiger partial charge in [-0.1, -0.05) is 40.6 Å². The summed E-state index contributed by atoms with van der Waals surface area (Å²) in [5.74, 6) is -0.225. The van der Waals surface area contributed by atoms with Gasteiger partial charge in [-0.05, 0) is 77.2 Å². The molecule has 34 heavy (non-hydrogen) atoms. The molecule has 1 atom stereocenters. The van der Waals surface area contributed by atoms with Crippen molar-refractivity contribution in [2.75, 3.05) is 38.6 Å². The smallest absolute Gasteiger partial charge is 0.247 e. The summed E-state index contributed by atoms with van der Waals surface area (Å²) in [6.07, 6.45) is 1.88. The lowest BCUT2D eigenvalue weighted by Gasteiger charge is -2.29. The van der Waals surface area contributed by atoms with Crippen molar-refractivity contribution in [3.8, 4) is 0 Å². The molecule has 0 radical (unpaired) electrons. The highest BCUT2D eigenvalue weighted by atomic mass is 35.5. The predicted molar refractivity (Wildman–Crippen MR) is 138 cm³/mol. The van der Waals surface area contributed by atoms with Crippen LogP contribution in [-0.4, -0.2) is 68.3 Å². The zero-order valence-electron chi connectivity index (χ0n) is 19.6. The fourth-order valence-corrected chi connectivity index (χ4v) is 7.07. The Morgan fingerprint density at radius 2 is 1.91 bits per heavy atom. The average Bonchev–Trinajstić information content (AvgIpc) is 3.44. The Labute approximate surface area is 210 Å². The molecule has 0 spiro atoms. The molecule has 7 nitrogen and oxygen atoms in total. The number of thiazole rings is 1. The van der Waals surface area contributed by atoms with Crippen molar-refractivity contribution < 1.29 is 13.2 Å². The molecule has 1 aliphatic rings. The summed E-state index contributed by atoms with van der Waals surface area (Å²) >= 11 is 7.55. The monoisotopic (exact) mass is 520 g/mol. The van der Waals surface area contributed by atoms with Crippen LogP contribution in [0.2, 0.25) is 5.02 Å². The number of rotatable bonds is 8. The lowest BCUT2D eigenvalue weighted by atomic mass is 10.2. The minimum absolute atomic E-state index is 0.214. The summed E-state index contributed by atoms with van der Waals surface area (Å²) in [6, 6.07) is 11.5. The number of benzene rings is 2. The van der Waals surface area contributed by atoms with Gasteiger partial charge in [0.15, 0.2) is 5.13 Å². The summed E-state index contributed by atoms with van der Waals surface area (Å²) in [7, 11) is 0.183. The number of aryl methyl sites for hydroxylation is 1. The SMILES string of the molecule is Cc1ccc(S(=O)(=O)N2CCCC2C(=O)N(CCCN(C)C)c2nc3ccc(Cl)cc3s2)cc1. The average molecular weight is 521 g/mol.